The van der Waals surface area contributed by atoms with E-state index >= 15 is 0 Å². The zero-order valence-electron chi connectivity index (χ0n) is 10.9. The van der Waals surface area contributed by atoms with E-state index in [1.807, 2.05) is 6.92 Å². The third-order valence-electron chi connectivity index (χ3n) is 2.79. The van der Waals surface area contributed by atoms with Crippen molar-refractivity contribution in [2.75, 3.05) is 4.72 Å². The van der Waals surface area contributed by atoms with Crippen molar-refractivity contribution in [3.63, 3.8) is 0 Å². The van der Waals surface area contributed by atoms with E-state index in [1.54, 1.807) is 19.1 Å². The average molecular weight is 311 g/mol. The van der Waals surface area contributed by atoms with Crippen molar-refractivity contribution in [2.45, 2.75) is 18.1 Å². The van der Waals surface area contributed by atoms with Crippen molar-refractivity contribution in [1.29, 1.82) is 0 Å². The number of aromatic carboxylic acids is 1. The molecule has 1 aromatic heterocycles. The lowest BCUT2D eigenvalue weighted by Crippen LogP contribution is -2.13. The normalized spacial score (nSPS) is 11.3. The number of aryl methyl sites for hydroxylation is 1. The highest BCUT2D eigenvalue weighted by atomic mass is 32.2. The van der Waals surface area contributed by atoms with Gasteiger partial charge in [-0.05, 0) is 43.7 Å². The van der Waals surface area contributed by atoms with Crippen LogP contribution in [0, 0.1) is 13.8 Å². The van der Waals surface area contributed by atoms with Crippen molar-refractivity contribution >= 4 is 33.0 Å². The minimum atomic E-state index is -3.68. The second kappa shape index (κ2) is 5.26. The molecule has 0 radical (unpaired) electrons. The molecular weight excluding hydrogens is 298 g/mol. The molecule has 0 aliphatic heterocycles. The summed E-state index contributed by atoms with van der Waals surface area (Å²) in [5, 5.41) is 9.03. The zero-order valence-corrected chi connectivity index (χ0v) is 12.5. The van der Waals surface area contributed by atoms with Crippen LogP contribution in [-0.2, 0) is 10.0 Å². The molecule has 0 aliphatic rings. The van der Waals surface area contributed by atoms with E-state index < -0.39 is 16.0 Å². The molecule has 0 spiro atoms. The number of sulfonamides is 1. The lowest BCUT2D eigenvalue weighted by Gasteiger charge is -2.11. The van der Waals surface area contributed by atoms with E-state index in [2.05, 4.69) is 4.72 Å². The number of thiophene rings is 1. The summed E-state index contributed by atoms with van der Waals surface area (Å²) < 4.78 is 27.0. The highest BCUT2D eigenvalue weighted by molar-refractivity contribution is 7.94. The van der Waals surface area contributed by atoms with Crippen LogP contribution in [0.2, 0.25) is 0 Å². The smallest absolute Gasteiger partial charge is 0.336 e. The van der Waals surface area contributed by atoms with Gasteiger partial charge >= 0.3 is 5.97 Å². The van der Waals surface area contributed by atoms with Crippen LogP contribution in [0.25, 0.3) is 0 Å². The Bertz CT molecular complexity index is 762. The topological polar surface area (TPSA) is 83.5 Å². The molecule has 2 N–H and O–H groups in total. The lowest BCUT2D eigenvalue weighted by atomic mass is 10.1. The second-order valence-electron chi connectivity index (χ2n) is 4.25. The number of benzene rings is 1. The molecule has 0 amide bonds. The number of carboxylic acids is 1. The monoisotopic (exact) mass is 311 g/mol. The largest absolute Gasteiger partial charge is 0.478 e. The fourth-order valence-corrected chi connectivity index (χ4v) is 4.14. The molecule has 7 heteroatoms. The van der Waals surface area contributed by atoms with Crippen LogP contribution in [0.4, 0.5) is 5.69 Å². The third-order valence-corrected chi connectivity index (χ3v) is 5.65. The number of anilines is 1. The first-order valence-electron chi connectivity index (χ1n) is 5.73. The van der Waals surface area contributed by atoms with Gasteiger partial charge in [-0.1, -0.05) is 6.07 Å². The maximum Gasteiger partial charge on any atom is 0.336 e. The molecule has 0 unspecified atom stereocenters. The highest BCUT2D eigenvalue weighted by Crippen LogP contribution is 2.26. The van der Waals surface area contributed by atoms with Gasteiger partial charge in [0.15, 0.2) is 0 Å². The summed E-state index contributed by atoms with van der Waals surface area (Å²) in [6, 6.07) is 7.73. The quantitative estimate of drug-likeness (QED) is 0.909. The summed E-state index contributed by atoms with van der Waals surface area (Å²) in [4.78, 5) is 11.9. The third kappa shape index (κ3) is 2.83. The number of hydrogen-bond donors (Lipinski definition) is 2. The van der Waals surface area contributed by atoms with Crippen LogP contribution in [0.15, 0.2) is 34.5 Å². The summed E-state index contributed by atoms with van der Waals surface area (Å²) >= 11 is 1.16. The Morgan fingerprint density at radius 2 is 1.90 bits per heavy atom. The van der Waals surface area contributed by atoms with Gasteiger partial charge in [0.1, 0.15) is 4.21 Å². The molecule has 0 saturated carbocycles. The molecule has 106 valence electrons. The lowest BCUT2D eigenvalue weighted by molar-refractivity contribution is 0.0696. The number of rotatable bonds is 4. The van der Waals surface area contributed by atoms with Gasteiger partial charge in [-0.3, -0.25) is 4.72 Å². The summed E-state index contributed by atoms with van der Waals surface area (Å²) in [5.41, 5.74) is 0.736. The maximum atomic E-state index is 12.2. The van der Waals surface area contributed by atoms with E-state index in [-0.39, 0.29) is 15.5 Å². The summed E-state index contributed by atoms with van der Waals surface area (Å²) in [6.45, 7) is 3.39. The van der Waals surface area contributed by atoms with Crippen LogP contribution < -0.4 is 4.72 Å². The first kappa shape index (κ1) is 14.5. The van der Waals surface area contributed by atoms with Crippen molar-refractivity contribution < 1.29 is 18.3 Å². The molecular formula is C13H13NO4S2. The van der Waals surface area contributed by atoms with E-state index in [0.717, 1.165) is 16.2 Å². The maximum absolute atomic E-state index is 12.2. The Hall–Kier alpha value is -1.86. The molecule has 1 heterocycles. The summed E-state index contributed by atoms with van der Waals surface area (Å²) in [7, 11) is -3.68. The Morgan fingerprint density at radius 3 is 2.45 bits per heavy atom. The predicted octanol–water partition coefficient (Wildman–Crippen LogP) is 2.86. The molecule has 0 saturated heterocycles. The van der Waals surface area contributed by atoms with Crippen molar-refractivity contribution in [3.8, 4) is 0 Å². The molecule has 2 rings (SSSR count). The summed E-state index contributed by atoms with van der Waals surface area (Å²) in [6.07, 6.45) is 0. The van der Waals surface area contributed by atoms with Crippen LogP contribution in [-0.4, -0.2) is 19.5 Å². The Balaban J connectivity index is 2.40. The van der Waals surface area contributed by atoms with Gasteiger partial charge in [-0.15, -0.1) is 11.3 Å². The van der Waals surface area contributed by atoms with Gasteiger partial charge in [0.2, 0.25) is 0 Å². The summed E-state index contributed by atoms with van der Waals surface area (Å²) in [5.74, 6) is -1.09. The zero-order chi connectivity index (χ0) is 14.9. The van der Waals surface area contributed by atoms with Gasteiger partial charge < -0.3 is 5.11 Å². The molecule has 0 bridgehead atoms. The van der Waals surface area contributed by atoms with E-state index in [1.165, 1.54) is 18.2 Å². The minimum absolute atomic E-state index is 0.0764. The number of hydrogen-bond acceptors (Lipinski definition) is 4. The molecule has 2 aromatic rings. The van der Waals surface area contributed by atoms with Gasteiger partial charge in [-0.2, -0.15) is 0 Å². The fourth-order valence-electron chi connectivity index (χ4n) is 1.73. The highest BCUT2D eigenvalue weighted by Gasteiger charge is 2.19. The van der Waals surface area contributed by atoms with Crippen molar-refractivity contribution in [1.82, 2.24) is 0 Å². The number of carboxylic acid groups (broad SMARTS) is 1. The minimum Gasteiger partial charge on any atom is -0.478 e. The number of carbonyl (C=O) groups is 1. The number of nitrogens with one attached hydrogen (secondary N) is 1. The molecule has 0 fully saturated rings. The standard InChI is InChI=1S/C13H13NO4S2/c1-8-6-7-12(19-8)20(17,18)14-11-5-3-4-10(9(11)2)13(15)16/h3-7,14H,1-2H3,(H,15,16). The van der Waals surface area contributed by atoms with Crippen LogP contribution >= 0.6 is 11.3 Å². The molecule has 5 nitrogen and oxygen atoms in total. The second-order valence-corrected chi connectivity index (χ2v) is 7.45. The van der Waals surface area contributed by atoms with E-state index in [0.29, 0.717) is 5.56 Å². The molecule has 0 atom stereocenters. The van der Waals surface area contributed by atoms with Gasteiger partial charge in [0, 0.05) is 4.88 Å². The van der Waals surface area contributed by atoms with Gasteiger partial charge in [-0.25, -0.2) is 13.2 Å². The molecule has 1 aromatic carbocycles. The average Bonchev–Trinajstić information content (AvgIpc) is 2.79. The van der Waals surface area contributed by atoms with Gasteiger partial charge in [0.05, 0.1) is 11.3 Å². The fraction of sp³-hybridized carbons (Fsp3) is 0.154. The molecule has 0 aliphatic carbocycles. The van der Waals surface area contributed by atoms with Crippen molar-refractivity contribution in [2.24, 2.45) is 0 Å². The SMILES string of the molecule is Cc1ccc(S(=O)(=O)Nc2cccc(C(=O)O)c2C)s1. The Morgan fingerprint density at radius 1 is 1.20 bits per heavy atom. The van der Waals surface area contributed by atoms with E-state index in [4.69, 9.17) is 5.11 Å². The van der Waals surface area contributed by atoms with Crippen LogP contribution in [0.3, 0.4) is 0 Å². The van der Waals surface area contributed by atoms with Gasteiger partial charge in [0.25, 0.3) is 10.0 Å². The molecule has 20 heavy (non-hydrogen) atoms. The predicted molar refractivity (Wildman–Crippen MR) is 78.0 cm³/mol. The Kier molecular flexibility index (Phi) is 3.82. The first-order chi connectivity index (χ1) is 9.31. The van der Waals surface area contributed by atoms with Crippen LogP contribution in [0.1, 0.15) is 20.8 Å². The first-order valence-corrected chi connectivity index (χ1v) is 8.03. The van der Waals surface area contributed by atoms with Crippen molar-refractivity contribution in [3.05, 3.63) is 46.3 Å². The van der Waals surface area contributed by atoms with E-state index in [9.17, 15) is 13.2 Å². The Labute approximate surface area is 120 Å². The van der Waals surface area contributed by atoms with Crippen LogP contribution in [0.5, 0.6) is 0 Å².